The lowest BCUT2D eigenvalue weighted by Gasteiger charge is -1.99. The highest BCUT2D eigenvalue weighted by Crippen LogP contribution is 2.16. The van der Waals surface area contributed by atoms with Gasteiger partial charge in [0, 0.05) is 11.9 Å². The van der Waals surface area contributed by atoms with Crippen molar-refractivity contribution in [2.75, 3.05) is 0 Å². The van der Waals surface area contributed by atoms with Gasteiger partial charge < -0.3 is 4.42 Å². The van der Waals surface area contributed by atoms with Crippen LogP contribution < -0.4 is 0 Å². The van der Waals surface area contributed by atoms with Gasteiger partial charge in [0.15, 0.2) is 0 Å². The zero-order valence-electron chi connectivity index (χ0n) is 8.08. The van der Waals surface area contributed by atoms with E-state index >= 15 is 0 Å². The molecule has 0 fully saturated rings. The first-order chi connectivity index (χ1) is 7.16. The normalized spacial score (nSPS) is 10.5. The van der Waals surface area contributed by atoms with Crippen LogP contribution in [0.25, 0.3) is 0 Å². The van der Waals surface area contributed by atoms with Crippen molar-refractivity contribution < 1.29 is 9.34 Å². The van der Waals surface area contributed by atoms with Crippen molar-refractivity contribution in [3.63, 3.8) is 0 Å². The van der Waals surface area contributed by atoms with Crippen molar-refractivity contribution in [2.45, 2.75) is 13.5 Å². The minimum Gasteiger partial charge on any atom is -0.404 e. The van der Waals surface area contributed by atoms with Crippen molar-refractivity contribution in [1.82, 2.24) is 9.78 Å². The van der Waals surface area contributed by atoms with Gasteiger partial charge in [-0.1, -0.05) is 0 Å². The highest BCUT2D eigenvalue weighted by atomic mass is 16.6. The molecule has 0 saturated heterocycles. The minimum absolute atomic E-state index is 0.241. The SMILES string of the molecule is Cc1ccnn1Cc1ccc([N+](=O)[O-])o1. The van der Waals surface area contributed by atoms with Crippen molar-refractivity contribution in [1.29, 1.82) is 0 Å². The Bertz CT molecular complexity index is 486. The van der Waals surface area contributed by atoms with Gasteiger partial charge in [0.25, 0.3) is 0 Å². The topological polar surface area (TPSA) is 74.1 Å². The van der Waals surface area contributed by atoms with Crippen LogP contribution in [-0.4, -0.2) is 14.7 Å². The van der Waals surface area contributed by atoms with E-state index in [1.165, 1.54) is 6.07 Å². The van der Waals surface area contributed by atoms with E-state index in [2.05, 4.69) is 5.10 Å². The van der Waals surface area contributed by atoms with Gasteiger partial charge in [-0.25, -0.2) is 0 Å². The molecule has 2 heterocycles. The first-order valence-corrected chi connectivity index (χ1v) is 4.38. The van der Waals surface area contributed by atoms with Crippen molar-refractivity contribution in [3.05, 3.63) is 46.0 Å². The Kier molecular flexibility index (Phi) is 2.24. The lowest BCUT2D eigenvalue weighted by molar-refractivity contribution is -0.402. The molecule has 0 radical (unpaired) electrons. The Morgan fingerprint density at radius 2 is 2.33 bits per heavy atom. The molecule has 0 unspecified atom stereocenters. The van der Waals surface area contributed by atoms with E-state index in [0.717, 1.165) is 5.69 Å². The predicted molar refractivity (Wildman–Crippen MR) is 51.4 cm³/mol. The number of aryl methyl sites for hydroxylation is 1. The fraction of sp³-hybridized carbons (Fsp3) is 0.222. The summed E-state index contributed by atoms with van der Waals surface area (Å²) in [7, 11) is 0. The molecule has 2 aromatic heterocycles. The van der Waals surface area contributed by atoms with Gasteiger partial charge in [0.1, 0.15) is 10.7 Å². The molecule has 6 nitrogen and oxygen atoms in total. The van der Waals surface area contributed by atoms with Crippen LogP contribution in [0.3, 0.4) is 0 Å². The average Bonchev–Trinajstić information content (AvgIpc) is 2.77. The minimum atomic E-state index is -0.556. The van der Waals surface area contributed by atoms with Gasteiger partial charge in [-0.15, -0.1) is 0 Å². The number of nitro groups is 1. The fourth-order valence-electron chi connectivity index (χ4n) is 1.26. The van der Waals surface area contributed by atoms with E-state index in [9.17, 15) is 10.1 Å². The molecule has 0 N–H and O–H groups in total. The van der Waals surface area contributed by atoms with Crippen LogP contribution in [-0.2, 0) is 6.54 Å². The molecule has 0 amide bonds. The van der Waals surface area contributed by atoms with Crippen LogP contribution in [0.4, 0.5) is 5.88 Å². The van der Waals surface area contributed by atoms with Crippen LogP contribution in [0.15, 0.2) is 28.8 Å². The van der Waals surface area contributed by atoms with Crippen LogP contribution in [0.5, 0.6) is 0 Å². The lowest BCUT2D eigenvalue weighted by atomic mass is 10.4. The van der Waals surface area contributed by atoms with Crippen LogP contribution in [0, 0.1) is 17.0 Å². The Hall–Kier alpha value is -2.11. The summed E-state index contributed by atoms with van der Waals surface area (Å²) in [5.74, 6) is 0.281. The van der Waals surface area contributed by atoms with E-state index < -0.39 is 4.92 Å². The van der Waals surface area contributed by atoms with Gasteiger partial charge in [0.05, 0.1) is 12.6 Å². The summed E-state index contributed by atoms with van der Waals surface area (Å²) in [4.78, 5) is 9.82. The molecule has 0 aromatic carbocycles. The molecule has 0 aliphatic heterocycles. The Balaban J connectivity index is 2.18. The number of aromatic nitrogens is 2. The van der Waals surface area contributed by atoms with Gasteiger partial charge >= 0.3 is 5.88 Å². The largest absolute Gasteiger partial charge is 0.433 e. The molecule has 0 bridgehead atoms. The Labute approximate surface area is 85.3 Å². The highest BCUT2D eigenvalue weighted by Gasteiger charge is 2.12. The summed E-state index contributed by atoms with van der Waals surface area (Å²) in [6.07, 6.45) is 1.67. The van der Waals surface area contributed by atoms with Gasteiger partial charge in [0.2, 0.25) is 0 Å². The molecular formula is C9H9N3O3. The zero-order chi connectivity index (χ0) is 10.8. The third-order valence-electron chi connectivity index (χ3n) is 2.06. The number of nitrogens with zero attached hydrogens (tertiary/aromatic N) is 3. The molecule has 0 spiro atoms. The van der Waals surface area contributed by atoms with E-state index in [1.807, 2.05) is 13.0 Å². The molecule has 0 aliphatic carbocycles. The van der Waals surface area contributed by atoms with Gasteiger partial charge in [-0.3, -0.25) is 14.8 Å². The maximum atomic E-state index is 10.4. The average molecular weight is 207 g/mol. The van der Waals surface area contributed by atoms with Crippen LogP contribution in [0.2, 0.25) is 0 Å². The number of furan rings is 1. The second kappa shape index (κ2) is 3.56. The number of hydrogen-bond acceptors (Lipinski definition) is 4. The molecular weight excluding hydrogens is 198 g/mol. The van der Waals surface area contributed by atoms with E-state index in [-0.39, 0.29) is 5.88 Å². The Morgan fingerprint density at radius 3 is 2.87 bits per heavy atom. The third-order valence-corrected chi connectivity index (χ3v) is 2.06. The second-order valence-electron chi connectivity index (χ2n) is 3.13. The molecule has 0 aliphatic rings. The summed E-state index contributed by atoms with van der Waals surface area (Å²) in [6, 6.07) is 4.78. The maximum absolute atomic E-state index is 10.4. The monoisotopic (exact) mass is 207 g/mol. The smallest absolute Gasteiger partial charge is 0.404 e. The molecule has 15 heavy (non-hydrogen) atoms. The van der Waals surface area contributed by atoms with Crippen molar-refractivity contribution in [2.24, 2.45) is 0 Å². The molecule has 0 saturated carbocycles. The standard InChI is InChI=1S/C9H9N3O3/c1-7-4-5-10-11(7)6-8-2-3-9(15-8)12(13)14/h2-5H,6H2,1H3. The zero-order valence-corrected chi connectivity index (χ0v) is 8.08. The van der Waals surface area contributed by atoms with Gasteiger partial charge in [-0.2, -0.15) is 5.10 Å². The molecule has 2 aromatic rings. The van der Waals surface area contributed by atoms with E-state index in [1.54, 1.807) is 16.9 Å². The van der Waals surface area contributed by atoms with Crippen molar-refractivity contribution in [3.8, 4) is 0 Å². The molecule has 0 atom stereocenters. The van der Waals surface area contributed by atoms with Crippen LogP contribution >= 0.6 is 0 Å². The van der Waals surface area contributed by atoms with Crippen LogP contribution in [0.1, 0.15) is 11.5 Å². The second-order valence-corrected chi connectivity index (χ2v) is 3.13. The first kappa shape index (κ1) is 9.45. The third kappa shape index (κ3) is 1.88. The summed E-state index contributed by atoms with van der Waals surface area (Å²) < 4.78 is 6.72. The fourth-order valence-corrected chi connectivity index (χ4v) is 1.26. The summed E-state index contributed by atoms with van der Waals surface area (Å²) in [6.45, 7) is 2.32. The van der Waals surface area contributed by atoms with Crippen molar-refractivity contribution >= 4 is 5.88 Å². The summed E-state index contributed by atoms with van der Waals surface area (Å²) in [5, 5.41) is 14.4. The first-order valence-electron chi connectivity index (χ1n) is 4.38. The van der Waals surface area contributed by atoms with E-state index in [4.69, 9.17) is 4.42 Å². The van der Waals surface area contributed by atoms with E-state index in [0.29, 0.717) is 12.3 Å². The summed E-state index contributed by atoms with van der Waals surface area (Å²) in [5.41, 5.74) is 0.981. The highest BCUT2D eigenvalue weighted by molar-refractivity contribution is 5.18. The Morgan fingerprint density at radius 1 is 1.53 bits per heavy atom. The van der Waals surface area contributed by atoms with Gasteiger partial charge in [-0.05, 0) is 19.1 Å². The summed E-state index contributed by atoms with van der Waals surface area (Å²) >= 11 is 0. The number of hydrogen-bond donors (Lipinski definition) is 0. The molecule has 2 rings (SSSR count). The molecule has 78 valence electrons. The maximum Gasteiger partial charge on any atom is 0.433 e. The number of rotatable bonds is 3. The predicted octanol–water partition coefficient (Wildman–Crippen LogP) is 1.74. The quantitative estimate of drug-likeness (QED) is 0.567. The lowest BCUT2D eigenvalue weighted by Crippen LogP contribution is -2.02. The molecule has 6 heteroatoms.